The molecule has 2 amide bonds. The van der Waals surface area contributed by atoms with Gasteiger partial charge in [-0.25, -0.2) is 4.68 Å². The van der Waals surface area contributed by atoms with E-state index in [1.807, 2.05) is 0 Å². The molecule has 0 spiro atoms. The van der Waals surface area contributed by atoms with E-state index >= 15 is 0 Å². The Balaban J connectivity index is 2.05. The Morgan fingerprint density at radius 1 is 1.53 bits per heavy atom. The lowest BCUT2D eigenvalue weighted by Gasteiger charge is -2.11. The van der Waals surface area contributed by atoms with Gasteiger partial charge in [-0.15, -0.1) is 0 Å². The Morgan fingerprint density at radius 3 is 2.79 bits per heavy atom. The Kier molecular flexibility index (Phi) is 3.64. The van der Waals surface area contributed by atoms with Crippen molar-refractivity contribution in [2.75, 3.05) is 0 Å². The highest BCUT2D eigenvalue weighted by Gasteiger charge is 2.25. The van der Waals surface area contributed by atoms with Gasteiger partial charge in [0.05, 0.1) is 5.69 Å². The van der Waals surface area contributed by atoms with E-state index in [1.165, 1.54) is 13.0 Å². The van der Waals surface area contributed by atoms with E-state index in [0.29, 0.717) is 5.92 Å². The average molecular weight is 264 g/mol. The highest BCUT2D eigenvalue weighted by atomic mass is 16.2. The molecule has 1 aliphatic rings. The quantitative estimate of drug-likeness (QED) is 0.719. The van der Waals surface area contributed by atoms with Crippen LogP contribution >= 0.6 is 0 Å². The molecule has 19 heavy (non-hydrogen) atoms. The van der Waals surface area contributed by atoms with Gasteiger partial charge in [-0.05, 0) is 25.8 Å². The zero-order valence-corrected chi connectivity index (χ0v) is 10.6. The molecule has 1 unspecified atom stereocenters. The van der Waals surface area contributed by atoms with Gasteiger partial charge in [0.15, 0.2) is 0 Å². The lowest BCUT2D eigenvalue weighted by Crippen LogP contribution is -2.44. The maximum Gasteiger partial charge on any atom is 0.267 e. The molecule has 0 aliphatic heterocycles. The van der Waals surface area contributed by atoms with Crippen molar-refractivity contribution in [1.82, 2.24) is 15.1 Å². The molecule has 0 aromatic carbocycles. The van der Waals surface area contributed by atoms with Crippen molar-refractivity contribution in [3.05, 3.63) is 28.2 Å². The van der Waals surface area contributed by atoms with Crippen LogP contribution in [0.25, 0.3) is 0 Å². The van der Waals surface area contributed by atoms with Crippen LogP contribution in [-0.2, 0) is 16.1 Å². The predicted molar refractivity (Wildman–Crippen MR) is 67.3 cm³/mol. The number of primary amides is 1. The number of nitrogens with two attached hydrogens (primary N) is 1. The number of rotatable bonds is 5. The summed E-state index contributed by atoms with van der Waals surface area (Å²) >= 11 is 0. The second kappa shape index (κ2) is 5.21. The van der Waals surface area contributed by atoms with E-state index in [9.17, 15) is 14.4 Å². The van der Waals surface area contributed by atoms with Gasteiger partial charge in [-0.1, -0.05) is 0 Å². The highest BCUT2D eigenvalue weighted by Crippen LogP contribution is 2.38. The summed E-state index contributed by atoms with van der Waals surface area (Å²) in [5, 5.41) is 6.56. The summed E-state index contributed by atoms with van der Waals surface area (Å²) in [7, 11) is 0. The topological polar surface area (TPSA) is 107 Å². The summed E-state index contributed by atoms with van der Waals surface area (Å²) in [5.41, 5.74) is 5.53. The van der Waals surface area contributed by atoms with Crippen molar-refractivity contribution in [1.29, 1.82) is 0 Å². The Morgan fingerprint density at radius 2 is 2.21 bits per heavy atom. The molecule has 1 saturated carbocycles. The van der Waals surface area contributed by atoms with E-state index in [-0.39, 0.29) is 12.1 Å². The maximum absolute atomic E-state index is 11.7. The van der Waals surface area contributed by atoms with Crippen LogP contribution in [0.1, 0.15) is 31.4 Å². The van der Waals surface area contributed by atoms with Crippen molar-refractivity contribution in [3.8, 4) is 0 Å². The summed E-state index contributed by atoms with van der Waals surface area (Å²) in [6, 6.07) is 2.33. The fourth-order valence-electron chi connectivity index (χ4n) is 1.67. The van der Waals surface area contributed by atoms with E-state index in [0.717, 1.165) is 23.2 Å². The first-order chi connectivity index (χ1) is 8.97. The number of aromatic nitrogens is 2. The standard InChI is InChI=1S/C12H16N4O3/c1-7(12(13)19)14-10(17)6-16-11(18)5-4-9(15-16)8-2-3-8/h4-5,7-8H,2-3,6H2,1H3,(H2,13,19)(H,14,17). The molecule has 1 aliphatic carbocycles. The SMILES string of the molecule is CC(NC(=O)Cn1nc(C2CC2)ccc1=O)C(N)=O. The maximum atomic E-state index is 11.7. The second-order valence-corrected chi connectivity index (χ2v) is 4.72. The fraction of sp³-hybridized carbons (Fsp3) is 0.500. The van der Waals surface area contributed by atoms with E-state index in [2.05, 4.69) is 10.4 Å². The molecule has 1 aromatic rings. The normalized spacial score (nSPS) is 15.8. The number of carbonyl (C=O) groups is 2. The summed E-state index contributed by atoms with van der Waals surface area (Å²) < 4.78 is 1.11. The average Bonchev–Trinajstić information content (AvgIpc) is 3.15. The van der Waals surface area contributed by atoms with Crippen molar-refractivity contribution in [2.24, 2.45) is 5.73 Å². The molecule has 7 heteroatoms. The van der Waals surface area contributed by atoms with Crippen molar-refractivity contribution in [3.63, 3.8) is 0 Å². The number of amides is 2. The number of hydrogen-bond donors (Lipinski definition) is 2. The lowest BCUT2D eigenvalue weighted by atomic mass is 10.3. The van der Waals surface area contributed by atoms with Gasteiger partial charge < -0.3 is 11.1 Å². The molecule has 1 fully saturated rings. The first-order valence-electron chi connectivity index (χ1n) is 6.14. The highest BCUT2D eigenvalue weighted by molar-refractivity contribution is 5.86. The molecule has 1 heterocycles. The number of hydrogen-bond acceptors (Lipinski definition) is 4. The summed E-state index contributed by atoms with van der Waals surface area (Å²) in [6.45, 7) is 1.27. The summed E-state index contributed by atoms with van der Waals surface area (Å²) in [6.07, 6.45) is 2.13. The van der Waals surface area contributed by atoms with Crippen LogP contribution in [-0.4, -0.2) is 27.6 Å². The van der Waals surface area contributed by atoms with Gasteiger partial charge >= 0.3 is 0 Å². The third-order valence-electron chi connectivity index (χ3n) is 2.98. The van der Waals surface area contributed by atoms with Gasteiger partial charge in [0, 0.05) is 12.0 Å². The Bertz CT molecular complexity index is 562. The lowest BCUT2D eigenvalue weighted by molar-refractivity contribution is -0.127. The first-order valence-corrected chi connectivity index (χ1v) is 6.14. The third-order valence-corrected chi connectivity index (χ3v) is 2.98. The van der Waals surface area contributed by atoms with Gasteiger partial charge in [0.1, 0.15) is 12.6 Å². The molecule has 1 atom stereocenters. The minimum absolute atomic E-state index is 0.211. The monoisotopic (exact) mass is 264 g/mol. The van der Waals surface area contributed by atoms with Crippen LogP contribution in [0.5, 0.6) is 0 Å². The van der Waals surface area contributed by atoms with E-state index in [1.54, 1.807) is 6.07 Å². The van der Waals surface area contributed by atoms with Gasteiger partial charge in [-0.3, -0.25) is 14.4 Å². The second-order valence-electron chi connectivity index (χ2n) is 4.72. The number of nitrogens with one attached hydrogen (secondary N) is 1. The van der Waals surface area contributed by atoms with Crippen LogP contribution < -0.4 is 16.6 Å². The molecular formula is C12H16N4O3. The summed E-state index contributed by atoms with van der Waals surface area (Å²) in [4.78, 5) is 34.1. The third kappa shape index (κ3) is 3.40. The molecule has 0 bridgehead atoms. The summed E-state index contributed by atoms with van der Waals surface area (Å²) in [5.74, 6) is -0.686. The zero-order valence-electron chi connectivity index (χ0n) is 10.6. The fourth-order valence-corrected chi connectivity index (χ4v) is 1.67. The smallest absolute Gasteiger partial charge is 0.267 e. The van der Waals surface area contributed by atoms with Crippen LogP contribution in [0.3, 0.4) is 0 Å². The Hall–Kier alpha value is -2.18. The molecular weight excluding hydrogens is 248 g/mol. The largest absolute Gasteiger partial charge is 0.368 e. The predicted octanol–water partition coefficient (Wildman–Crippen LogP) is -0.889. The van der Waals surface area contributed by atoms with Crippen LogP contribution in [0.15, 0.2) is 16.9 Å². The van der Waals surface area contributed by atoms with Gasteiger partial charge in [0.2, 0.25) is 11.8 Å². The molecule has 0 saturated heterocycles. The number of nitrogens with zero attached hydrogens (tertiary/aromatic N) is 2. The van der Waals surface area contributed by atoms with Crippen molar-refractivity contribution >= 4 is 11.8 Å². The minimum atomic E-state index is -0.769. The van der Waals surface area contributed by atoms with Crippen LogP contribution in [0.2, 0.25) is 0 Å². The Labute approximate surface area is 109 Å². The molecule has 102 valence electrons. The van der Waals surface area contributed by atoms with Crippen molar-refractivity contribution < 1.29 is 9.59 Å². The van der Waals surface area contributed by atoms with Gasteiger partial charge in [-0.2, -0.15) is 5.10 Å². The molecule has 1 aromatic heterocycles. The van der Waals surface area contributed by atoms with Gasteiger partial charge in [0.25, 0.3) is 5.56 Å². The molecule has 3 N–H and O–H groups in total. The zero-order chi connectivity index (χ0) is 14.0. The van der Waals surface area contributed by atoms with E-state index < -0.39 is 17.9 Å². The molecule has 2 rings (SSSR count). The molecule has 0 radical (unpaired) electrons. The van der Waals surface area contributed by atoms with Crippen LogP contribution in [0, 0.1) is 0 Å². The molecule has 7 nitrogen and oxygen atoms in total. The number of carbonyl (C=O) groups excluding carboxylic acids is 2. The first kappa shape index (κ1) is 13.3. The van der Waals surface area contributed by atoms with E-state index in [4.69, 9.17) is 5.73 Å². The van der Waals surface area contributed by atoms with Crippen LogP contribution in [0.4, 0.5) is 0 Å². The minimum Gasteiger partial charge on any atom is -0.368 e. The van der Waals surface area contributed by atoms with Crippen molar-refractivity contribution in [2.45, 2.75) is 38.3 Å².